The van der Waals surface area contributed by atoms with E-state index in [1.54, 1.807) is 35.1 Å². The fourth-order valence-corrected chi connectivity index (χ4v) is 10.1. The van der Waals surface area contributed by atoms with Gasteiger partial charge in [0.1, 0.15) is 40.7 Å². The van der Waals surface area contributed by atoms with Gasteiger partial charge >= 0.3 is 0 Å². The van der Waals surface area contributed by atoms with Crippen molar-refractivity contribution >= 4 is 34.8 Å². The molecule has 4 heterocycles. The van der Waals surface area contributed by atoms with Crippen LogP contribution in [0.25, 0.3) is 22.3 Å². The Morgan fingerprint density at radius 1 is 0.623 bits per heavy atom. The zero-order valence-electron chi connectivity index (χ0n) is 41.9. The summed E-state index contributed by atoms with van der Waals surface area (Å²) in [6, 6.07) is 21.7. The van der Waals surface area contributed by atoms with Crippen molar-refractivity contribution in [3.8, 4) is 22.3 Å². The number of aromatic amines is 1. The van der Waals surface area contributed by atoms with Gasteiger partial charge in [0.2, 0.25) is 0 Å². The number of amides is 1. The quantitative estimate of drug-likeness (QED) is 0.0487. The van der Waals surface area contributed by atoms with Crippen LogP contribution >= 0.6 is 11.6 Å². The van der Waals surface area contributed by atoms with Crippen molar-refractivity contribution in [1.82, 2.24) is 29.9 Å². The van der Waals surface area contributed by atoms with Gasteiger partial charge in [-0.25, -0.2) is 26.3 Å². The van der Waals surface area contributed by atoms with Gasteiger partial charge in [-0.05, 0) is 158 Å². The third-order valence-corrected chi connectivity index (χ3v) is 13.9. The maximum absolute atomic E-state index is 14.0. The first-order valence-electron chi connectivity index (χ1n) is 25.2. The number of nitrogen functional groups attached to an aromatic ring is 1. The number of aromatic nitrogens is 6. The number of carbonyl (C=O) groups excluding carboxylic acids is 3. The number of nitrogens with zero attached hydrogens (tertiary/aromatic N) is 5. The summed E-state index contributed by atoms with van der Waals surface area (Å²) in [5.41, 5.74) is 20.0. The first-order chi connectivity index (χ1) is 37.1. The second-order valence-corrected chi connectivity index (χ2v) is 19.5. The Labute approximate surface area is 446 Å². The Balaban J connectivity index is 0.000000176. The van der Waals surface area contributed by atoms with Gasteiger partial charge in [-0.3, -0.25) is 34.1 Å². The normalized spacial score (nSPS) is 13.4. The monoisotopic (exact) mass is 1070 g/mol. The van der Waals surface area contributed by atoms with Gasteiger partial charge in [-0.15, -0.1) is 11.6 Å². The van der Waals surface area contributed by atoms with Crippen LogP contribution in [-0.4, -0.2) is 53.3 Å². The number of aryl methyl sites for hydroxylation is 3. The molecule has 0 saturated carbocycles. The molecular weight excluding hydrogens is 1020 g/mol. The maximum Gasteiger partial charge on any atom is 0.251 e. The summed E-state index contributed by atoms with van der Waals surface area (Å²) in [5.74, 6) is -6.64. The Morgan fingerprint density at radius 2 is 1.16 bits per heavy atom. The third kappa shape index (κ3) is 14.5. The van der Waals surface area contributed by atoms with E-state index in [1.807, 2.05) is 18.5 Å². The maximum atomic E-state index is 14.0. The van der Waals surface area contributed by atoms with Crippen molar-refractivity contribution < 1.29 is 40.7 Å². The zero-order valence-corrected chi connectivity index (χ0v) is 42.6. The number of hydrogen-bond donors (Lipinski definition) is 3. The number of Topliss-reactive ketones (excluding diaryl/α,β-unsaturated/α-hetero) is 2. The highest BCUT2D eigenvalue weighted by molar-refractivity contribution is 6.27. The molecule has 0 spiro atoms. The number of nitrogens with two attached hydrogens (primary N) is 2. The molecule has 11 nitrogen and oxygen atoms in total. The van der Waals surface area contributed by atoms with Crippen LogP contribution in [0.5, 0.6) is 0 Å². The molecule has 4 aromatic carbocycles. The number of hydrogen-bond acceptors (Lipinski definition) is 8. The molecule has 4 aromatic heterocycles. The Hall–Kier alpha value is -7.92. The van der Waals surface area contributed by atoms with Crippen molar-refractivity contribution in [2.24, 2.45) is 5.73 Å². The molecule has 77 heavy (non-hydrogen) atoms. The number of pyridine rings is 2. The molecule has 0 saturated heterocycles. The Bertz CT molecular complexity index is 3340. The first-order valence-corrected chi connectivity index (χ1v) is 25.7. The lowest BCUT2D eigenvalue weighted by Gasteiger charge is -2.20. The van der Waals surface area contributed by atoms with E-state index in [9.17, 15) is 40.7 Å². The third-order valence-electron chi connectivity index (χ3n) is 13.6. The molecule has 0 unspecified atom stereocenters. The zero-order chi connectivity index (χ0) is 54.6. The number of alkyl halides is 1. The SMILES string of the molecule is NC(=O)c1cc(-c2cccnc2[C@@H](CC(=O)CCl)Cc2cc(F)cc(F)c2)ccc1F.Nc1cc(-c2cccnc2[C@@H](CC(=O)Cn2ncc3c2CCCC3)Cc2cc(F)cc(F)c2)ccc1F.c1n[nH]c2c1CCCC2. The predicted octanol–water partition coefficient (Wildman–Crippen LogP) is 11.9. The molecule has 5 N–H and O–H groups in total. The van der Waals surface area contributed by atoms with E-state index in [4.69, 9.17) is 23.1 Å². The summed E-state index contributed by atoms with van der Waals surface area (Å²) in [6.07, 6.45) is 16.4. The lowest BCUT2D eigenvalue weighted by Crippen LogP contribution is -2.19. The average Bonchev–Trinajstić information content (AvgIpc) is 4.07. The van der Waals surface area contributed by atoms with Gasteiger partial charge in [0.05, 0.1) is 47.5 Å². The molecule has 2 atom stereocenters. The summed E-state index contributed by atoms with van der Waals surface area (Å²) in [4.78, 5) is 46.0. The average molecular weight is 1070 g/mol. The molecule has 1 amide bonds. The highest BCUT2D eigenvalue weighted by atomic mass is 35.5. The molecule has 0 aliphatic heterocycles. The lowest BCUT2D eigenvalue weighted by molar-refractivity contribution is -0.120. The van der Waals surface area contributed by atoms with Gasteiger partial charge in [-0.2, -0.15) is 10.2 Å². The predicted molar refractivity (Wildman–Crippen MR) is 282 cm³/mol. The smallest absolute Gasteiger partial charge is 0.251 e. The van der Waals surface area contributed by atoms with E-state index >= 15 is 0 Å². The molecule has 18 heteroatoms. The largest absolute Gasteiger partial charge is 0.396 e. The minimum Gasteiger partial charge on any atom is -0.396 e. The Morgan fingerprint density at radius 3 is 1.71 bits per heavy atom. The molecule has 398 valence electrons. The van der Waals surface area contributed by atoms with Crippen LogP contribution in [0.3, 0.4) is 0 Å². The number of benzene rings is 4. The topological polar surface area (TPSA) is 176 Å². The van der Waals surface area contributed by atoms with Gasteiger partial charge in [0.15, 0.2) is 5.78 Å². The Kier molecular flexibility index (Phi) is 18.5. The minimum absolute atomic E-state index is 0.00409. The van der Waals surface area contributed by atoms with Crippen molar-refractivity contribution in [3.05, 3.63) is 207 Å². The molecular formula is C59H55ClF6N8O3. The summed E-state index contributed by atoms with van der Waals surface area (Å²) in [7, 11) is 0. The number of nitrogens with one attached hydrogen (secondary N) is 1. The van der Waals surface area contributed by atoms with Crippen LogP contribution in [0.15, 0.2) is 122 Å². The van der Waals surface area contributed by atoms with Gasteiger partial charge in [-0.1, -0.05) is 24.3 Å². The fourth-order valence-electron chi connectivity index (χ4n) is 10.0. The highest BCUT2D eigenvalue weighted by Gasteiger charge is 2.26. The summed E-state index contributed by atoms with van der Waals surface area (Å²) in [6.45, 7) is 0.120. The molecule has 8 aromatic rings. The first kappa shape index (κ1) is 55.3. The molecule has 2 aliphatic carbocycles. The van der Waals surface area contributed by atoms with Crippen molar-refractivity contribution in [2.75, 3.05) is 11.6 Å². The van der Waals surface area contributed by atoms with E-state index in [0.29, 0.717) is 44.8 Å². The number of halogens is 7. The molecule has 0 bridgehead atoms. The van der Waals surface area contributed by atoms with Gasteiger partial charge in [0, 0.05) is 71.7 Å². The van der Waals surface area contributed by atoms with Crippen LogP contribution in [0.2, 0.25) is 0 Å². The van der Waals surface area contributed by atoms with Crippen LogP contribution < -0.4 is 11.5 Å². The van der Waals surface area contributed by atoms with E-state index in [2.05, 4.69) is 25.3 Å². The number of fused-ring (bicyclic) bond motifs is 2. The fraction of sp³-hybridized carbons (Fsp3) is 0.271. The van der Waals surface area contributed by atoms with E-state index < -0.39 is 52.6 Å². The summed E-state index contributed by atoms with van der Waals surface area (Å²) in [5, 5.41) is 11.4. The number of rotatable bonds is 16. The lowest BCUT2D eigenvalue weighted by atomic mass is 9.86. The second-order valence-electron chi connectivity index (χ2n) is 19.2. The van der Waals surface area contributed by atoms with E-state index in [1.165, 1.54) is 97.2 Å². The molecule has 10 rings (SSSR count). The second kappa shape index (κ2) is 25.7. The van der Waals surface area contributed by atoms with Crippen LogP contribution in [0.4, 0.5) is 32.0 Å². The number of ketones is 2. The van der Waals surface area contributed by atoms with E-state index in [-0.39, 0.29) is 60.9 Å². The van der Waals surface area contributed by atoms with Crippen molar-refractivity contribution in [1.29, 1.82) is 0 Å². The number of anilines is 1. The molecule has 0 radical (unpaired) electrons. The van der Waals surface area contributed by atoms with Crippen molar-refractivity contribution in [3.63, 3.8) is 0 Å². The summed E-state index contributed by atoms with van der Waals surface area (Å²) < 4.78 is 84.9. The van der Waals surface area contributed by atoms with Crippen LogP contribution in [0, 0.1) is 34.9 Å². The standard InChI is InChI=1S/C29H27F3N4O.C23H18ClF3N2O2.C7H10N2/c30-22-11-18(12-23(31)15-22)10-21(13-24(37)17-36-28-6-2-1-4-20(28)16-35-36)29-25(5-3-9-34-29)19-7-8-26(32)27(33)14-19;24-12-18(30)9-15(6-13-7-16(25)11-17(26)8-13)22-19(2-1-5-29-22)14-3-4-21(27)20(10-14)23(28)31;1-2-4-7-6(3-1)5-8-9-7/h3,5,7-9,11-12,14-16,21H,1-2,4,6,10,13,17,33H2;1-5,7-8,10-11,15H,6,9,12H2,(H2,28,31);5H,1-4H2,(H,8,9)/t21-;15-;/m11./s1. The number of primary amides is 1. The minimum atomic E-state index is -0.922. The van der Waals surface area contributed by atoms with Crippen molar-refractivity contribution in [2.45, 2.75) is 95.4 Å². The molecule has 2 aliphatic rings. The highest BCUT2D eigenvalue weighted by Crippen LogP contribution is 2.36. The van der Waals surface area contributed by atoms with Gasteiger partial charge in [0.25, 0.3) is 5.91 Å². The summed E-state index contributed by atoms with van der Waals surface area (Å²) >= 11 is 5.68. The van der Waals surface area contributed by atoms with Crippen LogP contribution in [-0.2, 0) is 54.7 Å². The number of carbonyl (C=O) groups is 3. The van der Waals surface area contributed by atoms with Gasteiger partial charge < -0.3 is 11.5 Å². The van der Waals surface area contributed by atoms with E-state index in [0.717, 1.165) is 49.6 Å². The van der Waals surface area contributed by atoms with Crippen LogP contribution in [0.1, 0.15) is 106 Å². The molecule has 0 fully saturated rings. The number of H-pyrrole nitrogens is 1.